The molecular weight excluding hydrogens is 257 g/mol. The van der Waals surface area contributed by atoms with Crippen molar-refractivity contribution in [2.75, 3.05) is 6.54 Å². The van der Waals surface area contributed by atoms with E-state index in [1.54, 1.807) is 17.0 Å². The van der Waals surface area contributed by atoms with Crippen LogP contribution in [-0.4, -0.2) is 29.2 Å². The summed E-state index contributed by atoms with van der Waals surface area (Å²) in [4.78, 5) is 25.5. The van der Waals surface area contributed by atoms with Crippen molar-refractivity contribution in [1.82, 2.24) is 4.90 Å². The molecule has 1 aliphatic rings. The van der Waals surface area contributed by atoms with Gasteiger partial charge in [-0.3, -0.25) is 9.59 Å². The number of amides is 1. The van der Waals surface area contributed by atoms with Gasteiger partial charge in [0.25, 0.3) is 5.91 Å². The van der Waals surface area contributed by atoms with Crippen molar-refractivity contribution in [2.24, 2.45) is 0 Å². The van der Waals surface area contributed by atoms with Gasteiger partial charge < -0.3 is 4.90 Å². The zero-order valence-corrected chi connectivity index (χ0v) is 12.0. The lowest BCUT2D eigenvalue weighted by Gasteiger charge is -2.35. The van der Waals surface area contributed by atoms with Gasteiger partial charge in [-0.15, -0.1) is 0 Å². The summed E-state index contributed by atoms with van der Waals surface area (Å²) in [6.07, 6.45) is 3.10. The van der Waals surface area contributed by atoms with Gasteiger partial charge in [-0.05, 0) is 45.2 Å². The van der Waals surface area contributed by atoms with E-state index in [9.17, 15) is 14.0 Å². The Labute approximate surface area is 118 Å². The number of carbonyl (C=O) groups excluding carboxylic acids is 2. The number of hydrogen-bond acceptors (Lipinski definition) is 2. The topological polar surface area (TPSA) is 37.4 Å². The molecule has 0 spiro atoms. The highest BCUT2D eigenvalue weighted by molar-refractivity contribution is 5.95. The minimum absolute atomic E-state index is 0.0689. The Hall–Kier alpha value is -1.71. The van der Waals surface area contributed by atoms with Crippen LogP contribution in [0.1, 0.15) is 48.5 Å². The van der Waals surface area contributed by atoms with Crippen LogP contribution in [0, 0.1) is 12.7 Å². The van der Waals surface area contributed by atoms with E-state index in [1.807, 2.05) is 6.92 Å². The third-order valence-electron chi connectivity index (χ3n) is 3.76. The first kappa shape index (κ1) is 14.7. The maximum Gasteiger partial charge on any atom is 0.257 e. The van der Waals surface area contributed by atoms with Crippen molar-refractivity contribution >= 4 is 11.7 Å². The summed E-state index contributed by atoms with van der Waals surface area (Å²) in [5.41, 5.74) is 0.968. The average Bonchev–Trinajstić information content (AvgIpc) is 2.41. The highest BCUT2D eigenvalue weighted by Crippen LogP contribution is 2.23. The second kappa shape index (κ2) is 6.16. The molecule has 2 rings (SSSR count). The first-order valence-corrected chi connectivity index (χ1v) is 7.05. The Bertz CT molecular complexity index is 527. The van der Waals surface area contributed by atoms with Crippen LogP contribution in [0.15, 0.2) is 18.2 Å². The van der Waals surface area contributed by atoms with Crippen LogP contribution in [0.2, 0.25) is 0 Å². The molecule has 1 amide bonds. The number of nitrogens with zero attached hydrogens (tertiary/aromatic N) is 1. The van der Waals surface area contributed by atoms with E-state index < -0.39 is 5.82 Å². The monoisotopic (exact) mass is 277 g/mol. The summed E-state index contributed by atoms with van der Waals surface area (Å²) in [6.45, 7) is 3.97. The Morgan fingerprint density at radius 2 is 2.10 bits per heavy atom. The Kier molecular flexibility index (Phi) is 4.53. The molecule has 0 aliphatic carbocycles. The molecule has 1 saturated heterocycles. The number of piperidine rings is 1. The fourth-order valence-corrected chi connectivity index (χ4v) is 2.77. The fourth-order valence-electron chi connectivity index (χ4n) is 2.77. The Balaban J connectivity index is 2.25. The van der Waals surface area contributed by atoms with Crippen LogP contribution in [0.4, 0.5) is 4.39 Å². The molecule has 108 valence electrons. The molecule has 0 bridgehead atoms. The van der Waals surface area contributed by atoms with Crippen LogP contribution in [0.25, 0.3) is 0 Å². The molecule has 1 atom stereocenters. The van der Waals surface area contributed by atoms with E-state index in [2.05, 4.69) is 0 Å². The SMILES string of the molecule is CC(=O)CC1CCCCN1C(=O)c1cc(C)ccc1F. The highest BCUT2D eigenvalue weighted by atomic mass is 19.1. The van der Waals surface area contributed by atoms with Gasteiger partial charge >= 0.3 is 0 Å². The third-order valence-corrected chi connectivity index (χ3v) is 3.76. The lowest BCUT2D eigenvalue weighted by molar-refractivity contribution is -0.118. The number of benzene rings is 1. The molecule has 0 saturated carbocycles. The highest BCUT2D eigenvalue weighted by Gasteiger charge is 2.29. The largest absolute Gasteiger partial charge is 0.335 e. The maximum absolute atomic E-state index is 13.9. The van der Waals surface area contributed by atoms with Crippen molar-refractivity contribution in [3.05, 3.63) is 35.1 Å². The smallest absolute Gasteiger partial charge is 0.257 e. The van der Waals surface area contributed by atoms with Crippen molar-refractivity contribution in [3.63, 3.8) is 0 Å². The van der Waals surface area contributed by atoms with Crippen molar-refractivity contribution in [1.29, 1.82) is 0 Å². The third kappa shape index (κ3) is 3.24. The van der Waals surface area contributed by atoms with Crippen LogP contribution in [-0.2, 0) is 4.79 Å². The van der Waals surface area contributed by atoms with Crippen molar-refractivity contribution < 1.29 is 14.0 Å². The normalized spacial score (nSPS) is 18.9. The van der Waals surface area contributed by atoms with E-state index in [-0.39, 0.29) is 23.3 Å². The number of Topliss-reactive ketones (excluding diaryl/α,β-unsaturated/α-hetero) is 1. The number of halogens is 1. The van der Waals surface area contributed by atoms with Crippen LogP contribution >= 0.6 is 0 Å². The summed E-state index contributed by atoms with van der Waals surface area (Å²) in [5.74, 6) is -0.718. The second-order valence-electron chi connectivity index (χ2n) is 5.54. The molecule has 1 aromatic carbocycles. The molecule has 0 N–H and O–H groups in total. The van der Waals surface area contributed by atoms with Gasteiger partial charge in [0.05, 0.1) is 5.56 Å². The number of rotatable bonds is 3. The van der Waals surface area contributed by atoms with E-state index in [0.29, 0.717) is 13.0 Å². The Morgan fingerprint density at radius 1 is 1.35 bits per heavy atom. The summed E-state index contributed by atoms with van der Waals surface area (Å²) < 4.78 is 13.9. The molecule has 1 fully saturated rings. The van der Waals surface area contributed by atoms with Crippen LogP contribution < -0.4 is 0 Å². The van der Waals surface area contributed by atoms with Gasteiger partial charge in [0.2, 0.25) is 0 Å². The zero-order chi connectivity index (χ0) is 14.7. The molecule has 20 heavy (non-hydrogen) atoms. The predicted molar refractivity (Wildman–Crippen MR) is 75.1 cm³/mol. The number of hydrogen-bond donors (Lipinski definition) is 0. The fraction of sp³-hybridized carbons (Fsp3) is 0.500. The molecule has 0 aromatic heterocycles. The van der Waals surface area contributed by atoms with Crippen LogP contribution in [0.5, 0.6) is 0 Å². The first-order chi connectivity index (χ1) is 9.49. The molecule has 1 aliphatic heterocycles. The van der Waals surface area contributed by atoms with E-state index in [1.165, 1.54) is 13.0 Å². The summed E-state index contributed by atoms with van der Waals surface area (Å²) >= 11 is 0. The number of ketones is 1. The molecular formula is C16H20FNO2. The maximum atomic E-state index is 13.9. The quantitative estimate of drug-likeness (QED) is 0.851. The number of likely N-dealkylation sites (tertiary alicyclic amines) is 1. The van der Waals surface area contributed by atoms with Crippen LogP contribution in [0.3, 0.4) is 0 Å². The molecule has 0 radical (unpaired) electrons. The van der Waals surface area contributed by atoms with Crippen molar-refractivity contribution in [2.45, 2.75) is 45.6 Å². The minimum Gasteiger partial charge on any atom is -0.335 e. The summed E-state index contributed by atoms with van der Waals surface area (Å²) in [7, 11) is 0. The zero-order valence-electron chi connectivity index (χ0n) is 12.0. The molecule has 4 heteroatoms. The second-order valence-corrected chi connectivity index (χ2v) is 5.54. The van der Waals surface area contributed by atoms with E-state index >= 15 is 0 Å². The predicted octanol–water partition coefficient (Wildman–Crippen LogP) is 3.11. The minimum atomic E-state index is -0.493. The van der Waals surface area contributed by atoms with Gasteiger partial charge in [-0.25, -0.2) is 4.39 Å². The van der Waals surface area contributed by atoms with Gasteiger partial charge in [0, 0.05) is 19.0 Å². The van der Waals surface area contributed by atoms with Gasteiger partial charge in [-0.2, -0.15) is 0 Å². The molecule has 1 aromatic rings. The van der Waals surface area contributed by atoms with Gasteiger partial charge in [0.1, 0.15) is 11.6 Å². The summed E-state index contributed by atoms with van der Waals surface area (Å²) in [6, 6.07) is 4.47. The Morgan fingerprint density at radius 3 is 2.80 bits per heavy atom. The first-order valence-electron chi connectivity index (χ1n) is 7.05. The number of carbonyl (C=O) groups is 2. The average molecular weight is 277 g/mol. The molecule has 1 heterocycles. The standard InChI is InChI=1S/C16H20FNO2/c1-11-6-7-15(17)14(9-11)16(20)18-8-4-3-5-13(18)10-12(2)19/h6-7,9,13H,3-5,8,10H2,1-2H3. The van der Waals surface area contributed by atoms with E-state index in [4.69, 9.17) is 0 Å². The number of aryl methyl sites for hydroxylation is 1. The lowest BCUT2D eigenvalue weighted by Crippen LogP contribution is -2.44. The van der Waals surface area contributed by atoms with E-state index in [0.717, 1.165) is 24.8 Å². The summed E-state index contributed by atoms with van der Waals surface area (Å²) in [5, 5.41) is 0. The molecule has 1 unspecified atom stereocenters. The van der Waals surface area contributed by atoms with Crippen molar-refractivity contribution in [3.8, 4) is 0 Å². The molecule has 3 nitrogen and oxygen atoms in total. The van der Waals surface area contributed by atoms with Gasteiger partial charge in [0.15, 0.2) is 0 Å². The van der Waals surface area contributed by atoms with Gasteiger partial charge in [-0.1, -0.05) is 11.6 Å². The lowest BCUT2D eigenvalue weighted by atomic mass is 9.96.